The van der Waals surface area contributed by atoms with E-state index in [-0.39, 0.29) is 6.85 Å². The van der Waals surface area contributed by atoms with Crippen LogP contribution in [0, 0.1) is 0 Å². The van der Waals surface area contributed by atoms with Gasteiger partial charge in [0.2, 0.25) is 0 Å². The molecule has 1 radical (unpaired) electrons. The van der Waals surface area contributed by atoms with Gasteiger partial charge in [-0.3, -0.25) is 0 Å². The maximum absolute atomic E-state index is 4.20. The average Bonchev–Trinajstić information content (AvgIpc) is 3.93. The minimum Gasteiger partial charge on any atom is -0.375 e. The highest BCUT2D eigenvalue weighted by molar-refractivity contribution is 6.90. The number of para-hydroxylation sites is 4. The molecule has 0 saturated heterocycles. The second-order valence-corrected chi connectivity index (χ2v) is 18.7. The van der Waals surface area contributed by atoms with E-state index in [4.69, 9.17) is 0 Å². The van der Waals surface area contributed by atoms with Gasteiger partial charge in [-0.25, -0.2) is 0 Å². The van der Waals surface area contributed by atoms with Gasteiger partial charge in [-0.2, -0.15) is 0 Å². The van der Waals surface area contributed by atoms with Crippen molar-refractivity contribution in [3.63, 3.8) is 0 Å². The van der Waals surface area contributed by atoms with Crippen LogP contribution in [0.25, 0.3) is 87.4 Å². The number of H-pyrrole nitrogens is 1. The molecule has 311 valence electrons. The van der Waals surface area contributed by atoms with Crippen LogP contribution >= 0.6 is 0 Å². The third kappa shape index (κ3) is 4.76. The van der Waals surface area contributed by atoms with Crippen molar-refractivity contribution in [3.8, 4) is 22.3 Å². The van der Waals surface area contributed by atoms with Gasteiger partial charge in [0, 0.05) is 83.3 Å². The van der Waals surface area contributed by atoms with Crippen molar-refractivity contribution >= 4 is 135 Å². The number of nitrogens with zero attached hydrogens (tertiary/aromatic N) is 3. The summed E-state index contributed by atoms with van der Waals surface area (Å²) in [5.41, 5.74) is 21.9. The maximum Gasteiger partial charge on any atom is 0.333 e. The Morgan fingerprint density at radius 3 is 1.75 bits per heavy atom. The zero-order valence-corrected chi connectivity index (χ0v) is 36.8. The lowest BCUT2D eigenvalue weighted by molar-refractivity contribution is 1.26. The Morgan fingerprint density at radius 1 is 0.426 bits per heavy atom. The van der Waals surface area contributed by atoms with E-state index in [9.17, 15) is 0 Å². The van der Waals surface area contributed by atoms with Crippen LogP contribution in [0.15, 0.2) is 218 Å². The van der Waals surface area contributed by atoms with Crippen LogP contribution < -0.4 is 31.7 Å². The first-order chi connectivity index (χ1) is 33.8. The molecule has 0 unspecified atom stereocenters. The number of hydrogen-bond donors (Lipinski definition) is 1. The normalized spacial score (nSPS) is 13.3. The lowest BCUT2D eigenvalue weighted by atomic mass is 9.45. The molecule has 6 heteroatoms. The van der Waals surface area contributed by atoms with Crippen molar-refractivity contribution in [3.05, 3.63) is 218 Å². The van der Waals surface area contributed by atoms with Gasteiger partial charge in [-0.15, -0.1) is 0 Å². The van der Waals surface area contributed by atoms with Crippen molar-refractivity contribution in [2.75, 3.05) is 9.80 Å². The summed E-state index contributed by atoms with van der Waals surface area (Å²) in [6.45, 7) is -0.0842. The summed E-state index contributed by atoms with van der Waals surface area (Å²) in [7, 11) is 2.43. The standard InChI is InChI=1S/C62H37B2N4/c1-3-21-41(22-4-1)66-50-29-13-11-27-47(50)63-59-43(25-15-31-52(59)66)55-58-46-34-38-18-8-10-20-40(38)36-54(46)68-62(58)57(56-45-33-37-17-7-9-19-39(37)35-49(45)65-61(55)56)44-26-16-32-53-60(44)64(68)48-28-12-14-30-51(48)67(53)42-23-5-2-6-24-42/h1-36,65H. The quantitative estimate of drug-likeness (QED) is 0.179. The Labute approximate surface area is 393 Å². The molecule has 3 aliphatic heterocycles. The molecule has 0 atom stereocenters. The number of rotatable bonds is 3. The Kier molecular flexibility index (Phi) is 7.21. The summed E-state index contributed by atoms with van der Waals surface area (Å²) in [6.07, 6.45) is 0. The Hall–Kier alpha value is -8.73. The first-order valence-corrected chi connectivity index (χ1v) is 23.6. The molecule has 5 heterocycles. The number of hydrogen-bond acceptors (Lipinski definition) is 2. The predicted molar refractivity (Wildman–Crippen MR) is 289 cm³/mol. The minimum atomic E-state index is -0.0842. The molecule has 0 aliphatic carbocycles. The molecule has 1 N–H and O–H groups in total. The second-order valence-electron chi connectivity index (χ2n) is 18.7. The van der Waals surface area contributed by atoms with Gasteiger partial charge < -0.3 is 19.3 Å². The van der Waals surface area contributed by atoms with Crippen LogP contribution in [0.2, 0.25) is 0 Å². The number of aromatic nitrogens is 2. The molecule has 0 spiro atoms. The zero-order chi connectivity index (χ0) is 44.2. The molecule has 16 rings (SSSR count). The molecule has 3 aliphatic rings. The fourth-order valence-electron chi connectivity index (χ4n) is 12.5. The maximum atomic E-state index is 4.20. The number of anilines is 6. The second kappa shape index (κ2) is 13.4. The Bertz CT molecular complexity index is 4320. The van der Waals surface area contributed by atoms with Crippen LogP contribution in [0.1, 0.15) is 0 Å². The van der Waals surface area contributed by atoms with Crippen LogP contribution in [0.4, 0.5) is 34.1 Å². The predicted octanol–water partition coefficient (Wildman–Crippen LogP) is 13.3. The highest BCUT2D eigenvalue weighted by Crippen LogP contribution is 2.54. The van der Waals surface area contributed by atoms with E-state index < -0.39 is 0 Å². The van der Waals surface area contributed by atoms with Gasteiger partial charge in [0.05, 0.1) is 5.52 Å². The van der Waals surface area contributed by atoms with E-state index in [1.807, 2.05) is 0 Å². The number of fused-ring (bicyclic) bond motifs is 15. The monoisotopic (exact) mass is 859 g/mol. The van der Waals surface area contributed by atoms with E-state index in [1.165, 1.54) is 115 Å². The molecule has 68 heavy (non-hydrogen) atoms. The summed E-state index contributed by atoms with van der Waals surface area (Å²) in [5, 5.41) is 9.94. The first kappa shape index (κ1) is 36.5. The van der Waals surface area contributed by atoms with Crippen molar-refractivity contribution in [1.82, 2.24) is 9.46 Å². The summed E-state index contributed by atoms with van der Waals surface area (Å²) < 4.78 is 2.74. The number of benzene rings is 11. The summed E-state index contributed by atoms with van der Waals surface area (Å²) in [4.78, 5) is 9.14. The molecule has 11 aromatic carbocycles. The fourth-order valence-corrected chi connectivity index (χ4v) is 12.5. The highest BCUT2D eigenvalue weighted by atomic mass is 15.2. The molecule has 4 nitrogen and oxygen atoms in total. The average molecular weight is 860 g/mol. The molecule has 0 saturated carbocycles. The Morgan fingerprint density at radius 2 is 1.00 bits per heavy atom. The van der Waals surface area contributed by atoms with Gasteiger partial charge >= 0.3 is 6.85 Å². The van der Waals surface area contributed by atoms with Gasteiger partial charge in [-0.1, -0.05) is 151 Å². The Balaban J connectivity index is 1.13. The lowest BCUT2D eigenvalue weighted by Crippen LogP contribution is -2.56. The van der Waals surface area contributed by atoms with Crippen molar-refractivity contribution in [1.29, 1.82) is 0 Å². The van der Waals surface area contributed by atoms with Crippen molar-refractivity contribution in [2.24, 2.45) is 0 Å². The molecule has 13 aromatic rings. The first-order valence-electron chi connectivity index (χ1n) is 23.6. The van der Waals surface area contributed by atoms with Gasteiger partial charge in [0.1, 0.15) is 0 Å². The van der Waals surface area contributed by atoms with Crippen LogP contribution in [0.5, 0.6) is 0 Å². The molecule has 0 bridgehead atoms. The summed E-state index contributed by atoms with van der Waals surface area (Å²) in [5.74, 6) is 0. The van der Waals surface area contributed by atoms with Crippen molar-refractivity contribution in [2.45, 2.75) is 0 Å². The van der Waals surface area contributed by atoms with Gasteiger partial charge in [-0.05, 0) is 122 Å². The third-order valence-corrected chi connectivity index (χ3v) is 15.2. The molecular weight excluding hydrogens is 822 g/mol. The van der Waals surface area contributed by atoms with E-state index >= 15 is 0 Å². The smallest absolute Gasteiger partial charge is 0.333 e. The van der Waals surface area contributed by atoms with E-state index in [2.05, 4.69) is 245 Å². The molecular formula is C62H37B2N4. The van der Waals surface area contributed by atoms with E-state index in [0.29, 0.717) is 0 Å². The highest BCUT2D eigenvalue weighted by Gasteiger charge is 2.44. The van der Waals surface area contributed by atoms with E-state index in [0.717, 1.165) is 28.1 Å². The molecule has 0 amide bonds. The zero-order valence-electron chi connectivity index (χ0n) is 36.8. The van der Waals surface area contributed by atoms with Gasteiger partial charge in [0.15, 0.2) is 7.28 Å². The minimum absolute atomic E-state index is 0.0842. The molecule has 2 aromatic heterocycles. The van der Waals surface area contributed by atoms with Crippen LogP contribution in [-0.2, 0) is 0 Å². The largest absolute Gasteiger partial charge is 0.375 e. The topological polar surface area (TPSA) is 27.2 Å². The van der Waals surface area contributed by atoms with Crippen LogP contribution in [0.3, 0.4) is 0 Å². The van der Waals surface area contributed by atoms with Gasteiger partial charge in [0.25, 0.3) is 0 Å². The van der Waals surface area contributed by atoms with Crippen molar-refractivity contribution < 1.29 is 0 Å². The summed E-state index contributed by atoms with van der Waals surface area (Å²) >= 11 is 0. The number of nitrogens with one attached hydrogen (secondary N) is 1. The van der Waals surface area contributed by atoms with Crippen LogP contribution in [-0.4, -0.2) is 23.6 Å². The van der Waals surface area contributed by atoms with E-state index in [1.54, 1.807) is 0 Å². The fraction of sp³-hybridized carbons (Fsp3) is 0. The third-order valence-electron chi connectivity index (χ3n) is 15.2. The summed E-state index contributed by atoms with van der Waals surface area (Å²) in [6, 6.07) is 81.1. The number of aromatic amines is 1. The molecule has 0 fully saturated rings. The lowest BCUT2D eigenvalue weighted by Gasteiger charge is -2.40. The SMILES string of the molecule is [B]1c2ccccc2N(c2ccccc2)c2cccc(-c3c4[nH]c5cc6ccccc6cc5c4c4c5c3c3cc6ccccc6cc3n5B3c5ccccc5N(c5ccccc5)c5cccc-4c53)c21.